The van der Waals surface area contributed by atoms with Crippen molar-refractivity contribution in [3.63, 3.8) is 0 Å². The summed E-state index contributed by atoms with van der Waals surface area (Å²) in [7, 11) is 1.63. The molecule has 29 heavy (non-hydrogen) atoms. The summed E-state index contributed by atoms with van der Waals surface area (Å²) in [6.07, 6.45) is 5.01. The molecule has 0 amide bonds. The second-order valence-corrected chi connectivity index (χ2v) is 6.86. The quantitative estimate of drug-likeness (QED) is 0.457. The van der Waals surface area contributed by atoms with E-state index < -0.39 is 11.9 Å². The van der Waals surface area contributed by atoms with Crippen LogP contribution in [-0.4, -0.2) is 24.6 Å². The maximum absolute atomic E-state index is 13.3. The van der Waals surface area contributed by atoms with Gasteiger partial charge in [-0.15, -0.1) is 0 Å². The molecule has 0 N–H and O–H groups in total. The minimum absolute atomic E-state index is 0.0715. The highest BCUT2D eigenvalue weighted by Crippen LogP contribution is 2.35. The summed E-state index contributed by atoms with van der Waals surface area (Å²) < 4.78 is 18.3. The number of methoxy groups -OCH3 is 1. The first kappa shape index (κ1) is 20.5. The highest BCUT2D eigenvalue weighted by Gasteiger charge is 2.36. The molecule has 0 spiro atoms. The molecule has 0 aliphatic carbocycles. The van der Waals surface area contributed by atoms with Crippen molar-refractivity contribution in [2.75, 3.05) is 7.11 Å². The molecule has 4 heteroatoms. The fourth-order valence-corrected chi connectivity index (χ4v) is 3.52. The van der Waals surface area contributed by atoms with Crippen molar-refractivity contribution in [1.82, 2.24) is 0 Å². The lowest BCUT2D eigenvalue weighted by molar-refractivity contribution is -0.116. The molecular formula is C25H24FNO2. The number of halogens is 1. The van der Waals surface area contributed by atoms with Gasteiger partial charge in [0.15, 0.2) is 5.78 Å². The summed E-state index contributed by atoms with van der Waals surface area (Å²) in [5.41, 5.74) is 3.34. The van der Waals surface area contributed by atoms with Crippen LogP contribution in [0, 0.1) is 0 Å². The van der Waals surface area contributed by atoms with E-state index in [1.807, 2.05) is 54.6 Å². The van der Waals surface area contributed by atoms with Crippen LogP contribution in [0.5, 0.6) is 5.75 Å². The van der Waals surface area contributed by atoms with Crippen LogP contribution in [0.15, 0.2) is 95.8 Å². The van der Waals surface area contributed by atoms with E-state index in [9.17, 15) is 9.18 Å². The first-order valence-electron chi connectivity index (χ1n) is 9.52. The second-order valence-electron chi connectivity index (χ2n) is 6.86. The summed E-state index contributed by atoms with van der Waals surface area (Å²) in [6.45, 7) is 4.98. The topological polar surface area (TPSA) is 38.7 Å². The lowest BCUT2D eigenvalue weighted by Crippen LogP contribution is -2.24. The third-order valence-corrected chi connectivity index (χ3v) is 5.05. The number of carbonyl (C=O) groups is 1. The van der Waals surface area contributed by atoms with E-state index in [2.05, 4.69) is 6.58 Å². The van der Waals surface area contributed by atoms with Crippen molar-refractivity contribution in [2.24, 2.45) is 4.99 Å². The average molecular weight is 389 g/mol. The Labute approximate surface area is 170 Å². The van der Waals surface area contributed by atoms with Gasteiger partial charge < -0.3 is 4.74 Å². The minimum Gasteiger partial charge on any atom is -0.497 e. The fraction of sp³-hybridized carbons (Fsp3) is 0.200. The Morgan fingerprint density at radius 1 is 1.14 bits per heavy atom. The molecule has 0 bridgehead atoms. The molecule has 0 saturated carbocycles. The van der Waals surface area contributed by atoms with Gasteiger partial charge in [-0.25, -0.2) is 4.39 Å². The molecule has 2 unspecified atom stereocenters. The maximum Gasteiger partial charge on any atom is 0.187 e. The van der Waals surface area contributed by atoms with Gasteiger partial charge in [0.25, 0.3) is 0 Å². The van der Waals surface area contributed by atoms with E-state index in [1.165, 1.54) is 12.2 Å². The first-order chi connectivity index (χ1) is 14.0. The number of nitrogens with zero attached hydrogens (tertiary/aromatic N) is 1. The monoisotopic (exact) mass is 389 g/mol. The molecule has 3 rings (SSSR count). The zero-order valence-electron chi connectivity index (χ0n) is 16.6. The summed E-state index contributed by atoms with van der Waals surface area (Å²) in [6, 6.07) is 17.0. The normalized spacial score (nSPS) is 19.3. The minimum atomic E-state index is -0.592. The van der Waals surface area contributed by atoms with Gasteiger partial charge in [-0.3, -0.25) is 9.79 Å². The highest BCUT2D eigenvalue weighted by atomic mass is 19.1. The highest BCUT2D eigenvalue weighted by molar-refractivity contribution is 6.09. The molecule has 0 fully saturated rings. The molecule has 0 aromatic heterocycles. The van der Waals surface area contributed by atoms with E-state index in [0.29, 0.717) is 12.0 Å². The SMILES string of the molecule is C=C(F)/C=C\C(=C/C)C(=O)C1N=C(c2ccc(OC)cc2)CC1c1ccccc1. The Bertz CT molecular complexity index is 972. The third-order valence-electron chi connectivity index (χ3n) is 5.05. The molecule has 2 atom stereocenters. The average Bonchev–Trinajstić information content (AvgIpc) is 3.20. The number of hydrogen-bond donors (Lipinski definition) is 0. The van der Waals surface area contributed by atoms with Gasteiger partial charge in [-0.1, -0.05) is 43.0 Å². The molecule has 0 radical (unpaired) electrons. The summed E-state index contributed by atoms with van der Waals surface area (Å²) in [4.78, 5) is 18.1. The predicted octanol–water partition coefficient (Wildman–Crippen LogP) is 5.60. The molecule has 2 aromatic carbocycles. The number of ketones is 1. The van der Waals surface area contributed by atoms with Crippen molar-refractivity contribution in [1.29, 1.82) is 0 Å². The van der Waals surface area contributed by atoms with Crippen LogP contribution in [0.3, 0.4) is 0 Å². The van der Waals surface area contributed by atoms with Gasteiger partial charge in [0.05, 0.1) is 7.11 Å². The van der Waals surface area contributed by atoms with E-state index in [-0.39, 0.29) is 11.7 Å². The molecule has 1 heterocycles. The Morgan fingerprint density at radius 3 is 2.41 bits per heavy atom. The summed E-state index contributed by atoms with van der Waals surface area (Å²) >= 11 is 0. The number of carbonyl (C=O) groups excluding carboxylic acids is 1. The lowest BCUT2D eigenvalue weighted by Gasteiger charge is -2.18. The van der Waals surface area contributed by atoms with Gasteiger partial charge in [0.2, 0.25) is 0 Å². The third kappa shape index (κ3) is 4.77. The van der Waals surface area contributed by atoms with E-state index in [0.717, 1.165) is 22.6 Å². The molecule has 1 aliphatic heterocycles. The molecular weight excluding hydrogens is 365 g/mol. The van der Waals surface area contributed by atoms with E-state index in [1.54, 1.807) is 20.1 Å². The van der Waals surface area contributed by atoms with Crippen molar-refractivity contribution in [3.05, 3.63) is 102 Å². The first-order valence-corrected chi connectivity index (χ1v) is 9.52. The molecule has 1 aliphatic rings. The Morgan fingerprint density at radius 2 is 1.83 bits per heavy atom. The van der Waals surface area contributed by atoms with E-state index in [4.69, 9.17) is 9.73 Å². The van der Waals surface area contributed by atoms with Crippen LogP contribution in [-0.2, 0) is 4.79 Å². The standard InChI is InChI=1S/C25H24FNO2/c1-4-18(11-10-17(2)26)25(28)24-22(19-8-6-5-7-9-19)16-23(27-24)20-12-14-21(29-3)15-13-20/h4-15,22,24H,2,16H2,1,3H3/b11-10-,18-4+. The predicted molar refractivity (Wildman–Crippen MR) is 115 cm³/mol. The lowest BCUT2D eigenvalue weighted by atomic mass is 9.85. The van der Waals surface area contributed by atoms with Crippen LogP contribution >= 0.6 is 0 Å². The van der Waals surface area contributed by atoms with Crippen molar-refractivity contribution in [2.45, 2.75) is 25.3 Å². The maximum atomic E-state index is 13.3. The number of benzene rings is 2. The number of allylic oxidation sites excluding steroid dienone is 4. The number of Topliss-reactive ketones (excluding diaryl/α,β-unsaturated/α-hetero) is 1. The summed E-state index contributed by atoms with van der Waals surface area (Å²) in [5.74, 6) is -0.0157. The Kier molecular flexibility index (Phi) is 6.55. The largest absolute Gasteiger partial charge is 0.497 e. The van der Waals surface area contributed by atoms with Gasteiger partial charge in [0.1, 0.15) is 17.6 Å². The van der Waals surface area contributed by atoms with Gasteiger partial charge >= 0.3 is 0 Å². The van der Waals surface area contributed by atoms with Crippen molar-refractivity contribution in [3.8, 4) is 5.75 Å². The number of rotatable bonds is 7. The summed E-state index contributed by atoms with van der Waals surface area (Å²) in [5, 5.41) is 0. The van der Waals surface area contributed by atoms with Crippen LogP contribution < -0.4 is 4.74 Å². The van der Waals surface area contributed by atoms with Crippen molar-refractivity contribution >= 4 is 11.5 Å². The van der Waals surface area contributed by atoms with E-state index >= 15 is 0 Å². The Hall–Kier alpha value is -3.27. The van der Waals surface area contributed by atoms with Crippen LogP contribution in [0.1, 0.15) is 30.4 Å². The van der Waals surface area contributed by atoms with Crippen molar-refractivity contribution < 1.29 is 13.9 Å². The zero-order valence-corrected chi connectivity index (χ0v) is 16.6. The number of ether oxygens (including phenoxy) is 1. The number of aliphatic imine (C=N–C) groups is 1. The molecule has 0 saturated heterocycles. The molecule has 2 aromatic rings. The number of hydrogen-bond acceptors (Lipinski definition) is 3. The van der Waals surface area contributed by atoms with Gasteiger partial charge in [0, 0.05) is 17.2 Å². The van der Waals surface area contributed by atoms with Crippen LogP contribution in [0.2, 0.25) is 0 Å². The fourth-order valence-electron chi connectivity index (χ4n) is 3.52. The smallest absolute Gasteiger partial charge is 0.187 e. The molecule has 3 nitrogen and oxygen atoms in total. The molecule has 148 valence electrons. The Balaban J connectivity index is 1.97. The zero-order chi connectivity index (χ0) is 20.8. The van der Waals surface area contributed by atoms with Crippen LogP contribution in [0.25, 0.3) is 0 Å². The second kappa shape index (κ2) is 9.28. The van der Waals surface area contributed by atoms with Crippen LogP contribution in [0.4, 0.5) is 4.39 Å². The van der Waals surface area contributed by atoms with Gasteiger partial charge in [-0.2, -0.15) is 0 Å². The van der Waals surface area contributed by atoms with Gasteiger partial charge in [-0.05, 0) is 60.9 Å².